The number of amides is 1. The molecule has 1 heterocycles. The van der Waals surface area contributed by atoms with Crippen LogP contribution in [0.4, 0.5) is 0 Å². The smallest absolute Gasteiger partial charge is 0.223 e. The minimum Gasteiger partial charge on any atom is -0.396 e. The van der Waals surface area contributed by atoms with Crippen molar-refractivity contribution in [3.63, 3.8) is 0 Å². The minimum absolute atomic E-state index is 0.232. The number of piperidine rings is 1. The third kappa shape index (κ3) is 3.77. The SMILES string of the molecule is O=C1NCCCC1CCCCCO. The molecule has 1 aliphatic heterocycles. The molecule has 0 bridgehead atoms. The second kappa shape index (κ2) is 5.97. The summed E-state index contributed by atoms with van der Waals surface area (Å²) >= 11 is 0. The summed E-state index contributed by atoms with van der Waals surface area (Å²) in [6.45, 7) is 1.13. The second-order valence-electron chi connectivity index (χ2n) is 3.70. The van der Waals surface area contributed by atoms with E-state index in [0.717, 1.165) is 45.1 Å². The van der Waals surface area contributed by atoms with E-state index in [2.05, 4.69) is 5.32 Å². The van der Waals surface area contributed by atoms with E-state index in [1.165, 1.54) is 0 Å². The number of hydrogen-bond donors (Lipinski definition) is 2. The van der Waals surface area contributed by atoms with E-state index in [0.29, 0.717) is 0 Å². The van der Waals surface area contributed by atoms with E-state index in [1.807, 2.05) is 0 Å². The van der Waals surface area contributed by atoms with Gasteiger partial charge < -0.3 is 10.4 Å². The first kappa shape index (κ1) is 10.5. The van der Waals surface area contributed by atoms with Crippen molar-refractivity contribution in [1.82, 2.24) is 5.32 Å². The molecule has 13 heavy (non-hydrogen) atoms. The molecule has 0 saturated carbocycles. The Kier molecular flexibility index (Phi) is 4.83. The molecule has 3 nitrogen and oxygen atoms in total. The predicted octanol–water partition coefficient (Wildman–Crippen LogP) is 1.07. The standard InChI is InChI=1S/C10H19NO2/c12-8-3-1-2-5-9-6-4-7-11-10(9)13/h9,12H,1-8H2,(H,11,13). The summed E-state index contributed by atoms with van der Waals surface area (Å²) in [5.41, 5.74) is 0. The van der Waals surface area contributed by atoms with Crippen LogP contribution in [0.1, 0.15) is 38.5 Å². The topological polar surface area (TPSA) is 49.3 Å². The summed E-state index contributed by atoms with van der Waals surface area (Å²) in [7, 11) is 0. The van der Waals surface area contributed by atoms with Gasteiger partial charge in [0.15, 0.2) is 0 Å². The van der Waals surface area contributed by atoms with Crippen molar-refractivity contribution < 1.29 is 9.90 Å². The van der Waals surface area contributed by atoms with E-state index in [-0.39, 0.29) is 18.4 Å². The summed E-state index contributed by atoms with van der Waals surface area (Å²) in [5, 5.41) is 11.5. The van der Waals surface area contributed by atoms with Gasteiger partial charge in [-0.2, -0.15) is 0 Å². The highest BCUT2D eigenvalue weighted by Gasteiger charge is 2.20. The Bertz CT molecular complexity index is 159. The average molecular weight is 185 g/mol. The molecule has 0 aromatic rings. The largest absolute Gasteiger partial charge is 0.396 e. The normalized spacial score (nSPS) is 22.8. The molecule has 0 radical (unpaired) electrons. The number of nitrogens with one attached hydrogen (secondary N) is 1. The highest BCUT2D eigenvalue weighted by Crippen LogP contribution is 2.18. The number of carbonyl (C=O) groups excluding carboxylic acids is 1. The van der Waals surface area contributed by atoms with Crippen LogP contribution >= 0.6 is 0 Å². The zero-order valence-corrected chi connectivity index (χ0v) is 8.09. The Hall–Kier alpha value is -0.570. The molecule has 1 fully saturated rings. The Morgan fingerprint density at radius 3 is 2.92 bits per heavy atom. The summed E-state index contributed by atoms with van der Waals surface area (Å²) in [5.74, 6) is 0.475. The van der Waals surface area contributed by atoms with Crippen LogP contribution in [0.3, 0.4) is 0 Å². The lowest BCUT2D eigenvalue weighted by Gasteiger charge is -2.21. The van der Waals surface area contributed by atoms with Gasteiger partial charge in [-0.3, -0.25) is 4.79 Å². The van der Waals surface area contributed by atoms with Gasteiger partial charge >= 0.3 is 0 Å². The van der Waals surface area contributed by atoms with Crippen molar-refractivity contribution in [2.75, 3.05) is 13.2 Å². The second-order valence-corrected chi connectivity index (χ2v) is 3.70. The number of aliphatic hydroxyl groups excluding tert-OH is 1. The number of rotatable bonds is 5. The van der Waals surface area contributed by atoms with Gasteiger partial charge in [-0.25, -0.2) is 0 Å². The first-order chi connectivity index (χ1) is 6.34. The molecule has 0 aliphatic carbocycles. The Morgan fingerprint density at radius 2 is 2.23 bits per heavy atom. The molecule has 0 aromatic carbocycles. The molecule has 1 atom stereocenters. The van der Waals surface area contributed by atoms with Crippen LogP contribution in [0.2, 0.25) is 0 Å². The third-order valence-electron chi connectivity index (χ3n) is 2.61. The van der Waals surface area contributed by atoms with Crippen molar-refractivity contribution in [2.45, 2.75) is 38.5 Å². The van der Waals surface area contributed by atoms with Gasteiger partial charge in [-0.05, 0) is 25.7 Å². The van der Waals surface area contributed by atoms with Crippen molar-refractivity contribution in [3.05, 3.63) is 0 Å². The van der Waals surface area contributed by atoms with E-state index in [1.54, 1.807) is 0 Å². The summed E-state index contributed by atoms with van der Waals surface area (Å²) in [6, 6.07) is 0. The van der Waals surface area contributed by atoms with Crippen LogP contribution in [-0.2, 0) is 4.79 Å². The number of hydrogen-bond acceptors (Lipinski definition) is 2. The Morgan fingerprint density at radius 1 is 1.38 bits per heavy atom. The Balaban J connectivity index is 2.08. The van der Waals surface area contributed by atoms with E-state index in [4.69, 9.17) is 5.11 Å². The first-order valence-corrected chi connectivity index (χ1v) is 5.23. The van der Waals surface area contributed by atoms with E-state index >= 15 is 0 Å². The summed E-state index contributed by atoms with van der Waals surface area (Å²) in [4.78, 5) is 11.3. The van der Waals surface area contributed by atoms with Gasteiger partial charge in [0.2, 0.25) is 5.91 Å². The van der Waals surface area contributed by atoms with Crippen molar-refractivity contribution in [1.29, 1.82) is 0 Å². The maximum Gasteiger partial charge on any atom is 0.223 e. The lowest BCUT2D eigenvalue weighted by Crippen LogP contribution is -2.36. The fraction of sp³-hybridized carbons (Fsp3) is 0.900. The van der Waals surface area contributed by atoms with Crippen LogP contribution in [0.5, 0.6) is 0 Å². The van der Waals surface area contributed by atoms with Gasteiger partial charge in [-0.1, -0.05) is 12.8 Å². The van der Waals surface area contributed by atoms with Gasteiger partial charge in [0.25, 0.3) is 0 Å². The third-order valence-corrected chi connectivity index (χ3v) is 2.61. The molecule has 1 rings (SSSR count). The fourth-order valence-corrected chi connectivity index (χ4v) is 1.79. The zero-order valence-electron chi connectivity index (χ0n) is 8.09. The van der Waals surface area contributed by atoms with E-state index < -0.39 is 0 Å². The Labute approximate surface area is 79.5 Å². The first-order valence-electron chi connectivity index (χ1n) is 5.23. The number of carbonyl (C=O) groups is 1. The molecule has 3 heteroatoms. The van der Waals surface area contributed by atoms with Crippen molar-refractivity contribution in [3.8, 4) is 0 Å². The molecular weight excluding hydrogens is 166 g/mol. The molecule has 1 amide bonds. The summed E-state index contributed by atoms with van der Waals surface area (Å²) < 4.78 is 0. The molecule has 1 aliphatic rings. The van der Waals surface area contributed by atoms with Crippen LogP contribution < -0.4 is 5.32 Å². The maximum absolute atomic E-state index is 11.3. The lowest BCUT2D eigenvalue weighted by atomic mass is 9.93. The quantitative estimate of drug-likeness (QED) is 0.629. The van der Waals surface area contributed by atoms with Gasteiger partial charge in [0, 0.05) is 19.1 Å². The van der Waals surface area contributed by atoms with Crippen LogP contribution in [-0.4, -0.2) is 24.2 Å². The fourth-order valence-electron chi connectivity index (χ4n) is 1.79. The number of unbranched alkanes of at least 4 members (excludes halogenated alkanes) is 2. The predicted molar refractivity (Wildman–Crippen MR) is 51.3 cm³/mol. The van der Waals surface area contributed by atoms with Gasteiger partial charge in [0.05, 0.1) is 0 Å². The molecular formula is C10H19NO2. The monoisotopic (exact) mass is 185 g/mol. The molecule has 1 saturated heterocycles. The molecule has 1 unspecified atom stereocenters. The molecule has 0 aromatic heterocycles. The van der Waals surface area contributed by atoms with Gasteiger partial charge in [-0.15, -0.1) is 0 Å². The summed E-state index contributed by atoms with van der Waals surface area (Å²) in [6.07, 6.45) is 6.14. The molecule has 2 N–H and O–H groups in total. The highest BCUT2D eigenvalue weighted by molar-refractivity contribution is 5.79. The van der Waals surface area contributed by atoms with Crippen LogP contribution in [0, 0.1) is 5.92 Å². The van der Waals surface area contributed by atoms with Gasteiger partial charge in [0.1, 0.15) is 0 Å². The average Bonchev–Trinajstić information content (AvgIpc) is 2.15. The van der Waals surface area contributed by atoms with Crippen molar-refractivity contribution >= 4 is 5.91 Å². The highest BCUT2D eigenvalue weighted by atomic mass is 16.2. The lowest BCUT2D eigenvalue weighted by molar-refractivity contribution is -0.126. The maximum atomic E-state index is 11.3. The zero-order chi connectivity index (χ0) is 9.52. The van der Waals surface area contributed by atoms with Crippen LogP contribution in [0.25, 0.3) is 0 Å². The molecule has 76 valence electrons. The van der Waals surface area contributed by atoms with Crippen molar-refractivity contribution in [2.24, 2.45) is 5.92 Å². The van der Waals surface area contributed by atoms with Crippen LogP contribution in [0.15, 0.2) is 0 Å². The number of aliphatic hydroxyl groups is 1. The minimum atomic E-state index is 0.232. The van der Waals surface area contributed by atoms with E-state index in [9.17, 15) is 4.79 Å². The molecule has 0 spiro atoms.